The van der Waals surface area contributed by atoms with Crippen LogP contribution in [0.2, 0.25) is 0 Å². The van der Waals surface area contributed by atoms with Crippen LogP contribution in [-0.2, 0) is 0 Å². The van der Waals surface area contributed by atoms with Gasteiger partial charge in [0, 0.05) is 18.6 Å². The van der Waals surface area contributed by atoms with Crippen molar-refractivity contribution in [1.82, 2.24) is 4.90 Å². The standard InChI is InChI=1S/C8H17NO/c1-7-3-4-8(2)9(7)5-6-10/h7-8,10H,3-6H2,1-2H3/t7-,8-/m0/s1. The van der Waals surface area contributed by atoms with Crippen LogP contribution in [0.5, 0.6) is 0 Å². The fourth-order valence-corrected chi connectivity index (χ4v) is 1.80. The minimum Gasteiger partial charge on any atom is -0.395 e. The van der Waals surface area contributed by atoms with E-state index in [-0.39, 0.29) is 0 Å². The van der Waals surface area contributed by atoms with E-state index >= 15 is 0 Å². The maximum atomic E-state index is 8.72. The average molecular weight is 143 g/mol. The van der Waals surface area contributed by atoms with Gasteiger partial charge in [0.15, 0.2) is 0 Å². The van der Waals surface area contributed by atoms with Gasteiger partial charge in [-0.3, -0.25) is 4.90 Å². The first-order valence-electron chi connectivity index (χ1n) is 4.12. The second-order valence-corrected chi connectivity index (χ2v) is 3.24. The van der Waals surface area contributed by atoms with Crippen LogP contribution in [0.1, 0.15) is 26.7 Å². The largest absolute Gasteiger partial charge is 0.395 e. The second-order valence-electron chi connectivity index (χ2n) is 3.24. The summed E-state index contributed by atoms with van der Waals surface area (Å²) in [7, 11) is 0. The first-order valence-corrected chi connectivity index (χ1v) is 4.12. The highest BCUT2D eigenvalue weighted by molar-refractivity contribution is 4.81. The molecule has 1 fully saturated rings. The molecule has 0 saturated carbocycles. The fourth-order valence-electron chi connectivity index (χ4n) is 1.80. The summed E-state index contributed by atoms with van der Waals surface area (Å²) in [5, 5.41) is 8.72. The quantitative estimate of drug-likeness (QED) is 0.619. The molecule has 0 aromatic heterocycles. The summed E-state index contributed by atoms with van der Waals surface area (Å²) in [5.41, 5.74) is 0. The topological polar surface area (TPSA) is 23.5 Å². The maximum Gasteiger partial charge on any atom is 0.0558 e. The van der Waals surface area contributed by atoms with Crippen LogP contribution >= 0.6 is 0 Å². The van der Waals surface area contributed by atoms with Crippen LogP contribution in [0, 0.1) is 0 Å². The molecule has 2 heteroatoms. The van der Waals surface area contributed by atoms with Crippen molar-refractivity contribution in [2.24, 2.45) is 0 Å². The smallest absolute Gasteiger partial charge is 0.0558 e. The van der Waals surface area contributed by atoms with Crippen LogP contribution in [0.4, 0.5) is 0 Å². The Bertz CT molecular complexity index is 95.4. The van der Waals surface area contributed by atoms with E-state index < -0.39 is 0 Å². The van der Waals surface area contributed by atoms with Gasteiger partial charge in [0.05, 0.1) is 6.61 Å². The summed E-state index contributed by atoms with van der Waals surface area (Å²) in [6, 6.07) is 1.37. The number of hydrogen-bond donors (Lipinski definition) is 1. The highest BCUT2D eigenvalue weighted by atomic mass is 16.3. The Kier molecular flexibility index (Phi) is 2.69. The third-order valence-corrected chi connectivity index (χ3v) is 2.49. The molecule has 0 aliphatic carbocycles. The van der Waals surface area contributed by atoms with E-state index in [1.807, 2.05) is 0 Å². The maximum absolute atomic E-state index is 8.72. The first-order chi connectivity index (χ1) is 4.75. The minimum absolute atomic E-state index is 0.300. The molecule has 2 nitrogen and oxygen atoms in total. The van der Waals surface area contributed by atoms with Crippen LogP contribution in [0.3, 0.4) is 0 Å². The van der Waals surface area contributed by atoms with Crippen molar-refractivity contribution >= 4 is 0 Å². The molecule has 0 bridgehead atoms. The molecular weight excluding hydrogens is 126 g/mol. The summed E-state index contributed by atoms with van der Waals surface area (Å²) < 4.78 is 0. The number of aliphatic hydroxyl groups is 1. The van der Waals surface area contributed by atoms with Gasteiger partial charge in [-0.05, 0) is 26.7 Å². The summed E-state index contributed by atoms with van der Waals surface area (Å²) in [6.45, 7) is 5.62. The monoisotopic (exact) mass is 143 g/mol. The SMILES string of the molecule is C[C@H]1CC[C@H](C)N1CCO. The third kappa shape index (κ3) is 1.50. The van der Waals surface area contributed by atoms with Crippen LogP contribution < -0.4 is 0 Å². The molecule has 60 valence electrons. The van der Waals surface area contributed by atoms with Gasteiger partial charge in [-0.1, -0.05) is 0 Å². The van der Waals surface area contributed by atoms with Gasteiger partial charge in [0.25, 0.3) is 0 Å². The van der Waals surface area contributed by atoms with E-state index in [9.17, 15) is 0 Å². The van der Waals surface area contributed by atoms with Gasteiger partial charge in [-0.2, -0.15) is 0 Å². The van der Waals surface area contributed by atoms with Gasteiger partial charge in [0.2, 0.25) is 0 Å². The summed E-state index contributed by atoms with van der Waals surface area (Å²) >= 11 is 0. The predicted molar refractivity (Wildman–Crippen MR) is 41.9 cm³/mol. The lowest BCUT2D eigenvalue weighted by Gasteiger charge is -2.24. The van der Waals surface area contributed by atoms with E-state index in [1.165, 1.54) is 12.8 Å². The van der Waals surface area contributed by atoms with Gasteiger partial charge < -0.3 is 5.11 Å². The van der Waals surface area contributed by atoms with E-state index in [0.29, 0.717) is 18.7 Å². The third-order valence-electron chi connectivity index (χ3n) is 2.49. The molecule has 1 saturated heterocycles. The molecule has 0 spiro atoms. The van der Waals surface area contributed by atoms with Gasteiger partial charge in [-0.15, -0.1) is 0 Å². The lowest BCUT2D eigenvalue weighted by Crippen LogP contribution is -2.34. The van der Waals surface area contributed by atoms with Crippen molar-refractivity contribution in [2.75, 3.05) is 13.2 Å². The molecule has 1 aliphatic rings. The number of nitrogens with zero attached hydrogens (tertiary/aromatic N) is 1. The lowest BCUT2D eigenvalue weighted by molar-refractivity contribution is 0.160. The number of hydrogen-bond acceptors (Lipinski definition) is 2. The van der Waals surface area contributed by atoms with Crippen molar-refractivity contribution in [1.29, 1.82) is 0 Å². The molecule has 0 unspecified atom stereocenters. The summed E-state index contributed by atoms with van der Waals surface area (Å²) in [4.78, 5) is 2.38. The highest BCUT2D eigenvalue weighted by Crippen LogP contribution is 2.22. The summed E-state index contributed by atoms with van der Waals surface area (Å²) in [5.74, 6) is 0. The number of aliphatic hydroxyl groups excluding tert-OH is 1. The van der Waals surface area contributed by atoms with E-state index in [2.05, 4.69) is 18.7 Å². The second kappa shape index (κ2) is 3.35. The van der Waals surface area contributed by atoms with Crippen molar-refractivity contribution in [2.45, 2.75) is 38.8 Å². The molecule has 2 atom stereocenters. The van der Waals surface area contributed by atoms with Crippen LogP contribution in [0.25, 0.3) is 0 Å². The Labute approximate surface area is 62.8 Å². The molecule has 1 heterocycles. The van der Waals surface area contributed by atoms with Crippen molar-refractivity contribution in [3.05, 3.63) is 0 Å². The molecule has 0 aromatic carbocycles. The Morgan fingerprint density at radius 2 is 1.80 bits per heavy atom. The van der Waals surface area contributed by atoms with Gasteiger partial charge >= 0.3 is 0 Å². The zero-order valence-electron chi connectivity index (χ0n) is 6.88. The Morgan fingerprint density at radius 3 is 2.20 bits per heavy atom. The fraction of sp³-hybridized carbons (Fsp3) is 1.00. The Hall–Kier alpha value is -0.0800. The Balaban J connectivity index is 2.38. The van der Waals surface area contributed by atoms with Crippen molar-refractivity contribution in [3.8, 4) is 0 Å². The molecule has 0 aromatic rings. The Morgan fingerprint density at radius 1 is 1.30 bits per heavy atom. The number of β-amino-alcohol motifs (C(OH)–C–C–N with tert-alkyl or cyclic N) is 1. The van der Waals surface area contributed by atoms with E-state index in [0.717, 1.165) is 6.54 Å². The molecule has 0 radical (unpaired) electrons. The number of likely N-dealkylation sites (tertiary alicyclic amines) is 1. The van der Waals surface area contributed by atoms with Crippen molar-refractivity contribution in [3.63, 3.8) is 0 Å². The molecular formula is C8H17NO. The summed E-state index contributed by atoms with van der Waals surface area (Å²) in [6.07, 6.45) is 2.59. The van der Waals surface area contributed by atoms with Crippen LogP contribution in [0.15, 0.2) is 0 Å². The number of rotatable bonds is 2. The van der Waals surface area contributed by atoms with Crippen LogP contribution in [-0.4, -0.2) is 35.2 Å². The average Bonchev–Trinajstić information content (AvgIpc) is 2.20. The van der Waals surface area contributed by atoms with E-state index in [4.69, 9.17) is 5.11 Å². The van der Waals surface area contributed by atoms with Crippen molar-refractivity contribution < 1.29 is 5.11 Å². The highest BCUT2D eigenvalue weighted by Gasteiger charge is 2.25. The van der Waals surface area contributed by atoms with Gasteiger partial charge in [0.1, 0.15) is 0 Å². The predicted octanol–water partition coefficient (Wildman–Crippen LogP) is 0.851. The molecule has 1 N–H and O–H groups in total. The minimum atomic E-state index is 0.300. The normalized spacial score (nSPS) is 35.1. The molecule has 0 amide bonds. The molecule has 1 aliphatic heterocycles. The lowest BCUT2D eigenvalue weighted by atomic mass is 10.2. The first kappa shape index (κ1) is 8.02. The zero-order valence-corrected chi connectivity index (χ0v) is 6.88. The molecule has 10 heavy (non-hydrogen) atoms. The zero-order chi connectivity index (χ0) is 7.56. The van der Waals surface area contributed by atoms with E-state index in [1.54, 1.807) is 0 Å². The van der Waals surface area contributed by atoms with Gasteiger partial charge in [-0.25, -0.2) is 0 Å². The molecule has 1 rings (SSSR count).